The second-order valence-corrected chi connectivity index (χ2v) is 3.17. The highest BCUT2D eigenvalue weighted by atomic mass is 16.5. The van der Waals surface area contributed by atoms with Crippen molar-refractivity contribution in [3.63, 3.8) is 0 Å². The van der Waals surface area contributed by atoms with Crippen LogP contribution in [0.1, 0.15) is 31.9 Å². The highest BCUT2D eigenvalue weighted by Crippen LogP contribution is 2.29. The Hall–Kier alpha value is -1.22. The molecular formula is C11H17NO2. The van der Waals surface area contributed by atoms with Crippen LogP contribution in [-0.2, 0) is 0 Å². The van der Waals surface area contributed by atoms with Crippen molar-refractivity contribution in [1.29, 1.82) is 0 Å². The fourth-order valence-electron chi connectivity index (χ4n) is 1.27. The molecule has 0 aromatic heterocycles. The number of benzene rings is 1. The van der Waals surface area contributed by atoms with Crippen molar-refractivity contribution < 1.29 is 9.84 Å². The van der Waals surface area contributed by atoms with Gasteiger partial charge in [-0.15, -0.1) is 0 Å². The van der Waals surface area contributed by atoms with E-state index in [9.17, 15) is 5.11 Å². The molecule has 78 valence electrons. The van der Waals surface area contributed by atoms with Gasteiger partial charge >= 0.3 is 0 Å². The molecule has 3 N–H and O–H groups in total. The first kappa shape index (κ1) is 10.9. The maximum absolute atomic E-state index is 9.45. The van der Waals surface area contributed by atoms with Crippen LogP contribution >= 0.6 is 0 Å². The molecule has 0 unspecified atom stereocenters. The summed E-state index contributed by atoms with van der Waals surface area (Å²) in [5, 5.41) is 9.45. The normalized spacial score (nSPS) is 12.5. The molecule has 0 spiro atoms. The van der Waals surface area contributed by atoms with Gasteiger partial charge in [0.15, 0.2) is 11.5 Å². The lowest BCUT2D eigenvalue weighted by atomic mass is 10.1. The van der Waals surface area contributed by atoms with E-state index >= 15 is 0 Å². The zero-order valence-corrected chi connectivity index (χ0v) is 8.66. The first-order chi connectivity index (χ1) is 6.69. The lowest BCUT2D eigenvalue weighted by molar-refractivity contribution is 0.317. The molecule has 1 aromatic rings. The topological polar surface area (TPSA) is 55.5 Å². The smallest absolute Gasteiger partial charge is 0.161 e. The maximum atomic E-state index is 9.45. The molecule has 1 atom stereocenters. The summed E-state index contributed by atoms with van der Waals surface area (Å²) in [5.41, 5.74) is 6.87. The molecule has 0 bridgehead atoms. The number of ether oxygens (including phenoxy) is 1. The fourth-order valence-corrected chi connectivity index (χ4v) is 1.27. The van der Waals surface area contributed by atoms with E-state index in [1.165, 1.54) is 0 Å². The molecular weight excluding hydrogens is 178 g/mol. The Kier molecular flexibility index (Phi) is 3.77. The Bertz CT molecular complexity index is 299. The van der Waals surface area contributed by atoms with E-state index in [-0.39, 0.29) is 11.8 Å². The van der Waals surface area contributed by atoms with Crippen molar-refractivity contribution in [2.24, 2.45) is 5.73 Å². The Morgan fingerprint density at radius 1 is 1.43 bits per heavy atom. The van der Waals surface area contributed by atoms with Gasteiger partial charge in [-0.1, -0.05) is 13.0 Å². The standard InChI is InChI=1S/C11H17NO2/c1-3-9(12)8-5-6-10(13)11(7-8)14-4-2/h5-7,9,13H,3-4,12H2,1-2H3/t9-/m1/s1. The maximum Gasteiger partial charge on any atom is 0.161 e. The van der Waals surface area contributed by atoms with Crippen molar-refractivity contribution >= 4 is 0 Å². The van der Waals surface area contributed by atoms with Gasteiger partial charge in [0.05, 0.1) is 6.61 Å². The molecule has 0 aliphatic heterocycles. The van der Waals surface area contributed by atoms with Gasteiger partial charge in [-0.3, -0.25) is 0 Å². The van der Waals surface area contributed by atoms with Gasteiger partial charge in [-0.25, -0.2) is 0 Å². The highest BCUT2D eigenvalue weighted by Gasteiger charge is 2.07. The van der Waals surface area contributed by atoms with Gasteiger partial charge in [0.2, 0.25) is 0 Å². The van der Waals surface area contributed by atoms with Gasteiger partial charge < -0.3 is 15.6 Å². The molecule has 0 amide bonds. The van der Waals surface area contributed by atoms with Crippen molar-refractivity contribution in [3.8, 4) is 11.5 Å². The number of phenols is 1. The van der Waals surface area contributed by atoms with E-state index in [2.05, 4.69) is 0 Å². The molecule has 3 nitrogen and oxygen atoms in total. The van der Waals surface area contributed by atoms with E-state index in [1.807, 2.05) is 19.9 Å². The van der Waals surface area contributed by atoms with Crippen LogP contribution in [0.5, 0.6) is 11.5 Å². The molecule has 0 aliphatic rings. The van der Waals surface area contributed by atoms with Crippen LogP contribution < -0.4 is 10.5 Å². The lowest BCUT2D eigenvalue weighted by Gasteiger charge is -2.12. The molecule has 1 aromatic carbocycles. The number of rotatable bonds is 4. The van der Waals surface area contributed by atoms with Gasteiger partial charge in [-0.05, 0) is 31.0 Å². The molecule has 0 saturated carbocycles. The quantitative estimate of drug-likeness (QED) is 0.774. The summed E-state index contributed by atoms with van der Waals surface area (Å²) in [4.78, 5) is 0. The Morgan fingerprint density at radius 2 is 2.14 bits per heavy atom. The Labute approximate surface area is 84.5 Å². The SMILES string of the molecule is CCOc1cc([C@H](N)CC)ccc1O. The van der Waals surface area contributed by atoms with Gasteiger partial charge in [-0.2, -0.15) is 0 Å². The average molecular weight is 195 g/mol. The first-order valence-electron chi connectivity index (χ1n) is 4.90. The van der Waals surface area contributed by atoms with Crippen molar-refractivity contribution in [3.05, 3.63) is 23.8 Å². The van der Waals surface area contributed by atoms with Gasteiger partial charge in [0.1, 0.15) is 0 Å². The predicted molar refractivity (Wildman–Crippen MR) is 56.5 cm³/mol. The predicted octanol–water partition coefficient (Wildman–Crippen LogP) is 2.20. The summed E-state index contributed by atoms with van der Waals surface area (Å²) in [7, 11) is 0. The molecule has 0 aliphatic carbocycles. The monoisotopic (exact) mass is 195 g/mol. The number of nitrogens with two attached hydrogens (primary N) is 1. The van der Waals surface area contributed by atoms with Crippen molar-refractivity contribution in [2.75, 3.05) is 6.61 Å². The summed E-state index contributed by atoms with van der Waals surface area (Å²) in [6, 6.07) is 5.25. The summed E-state index contributed by atoms with van der Waals surface area (Å²) < 4.78 is 5.27. The molecule has 0 saturated heterocycles. The third-order valence-electron chi connectivity index (χ3n) is 2.15. The van der Waals surface area contributed by atoms with Crippen LogP contribution in [0.25, 0.3) is 0 Å². The van der Waals surface area contributed by atoms with E-state index < -0.39 is 0 Å². The summed E-state index contributed by atoms with van der Waals surface area (Å²) in [6.45, 7) is 4.45. The minimum absolute atomic E-state index is 0.00908. The minimum Gasteiger partial charge on any atom is -0.504 e. The molecule has 3 heteroatoms. The van der Waals surface area contributed by atoms with E-state index in [4.69, 9.17) is 10.5 Å². The molecule has 1 rings (SSSR count). The second kappa shape index (κ2) is 4.86. The lowest BCUT2D eigenvalue weighted by Crippen LogP contribution is -2.08. The van der Waals surface area contributed by atoms with Crippen LogP contribution in [0.15, 0.2) is 18.2 Å². The second-order valence-electron chi connectivity index (χ2n) is 3.17. The average Bonchev–Trinajstić information content (AvgIpc) is 2.20. The third kappa shape index (κ3) is 2.39. The zero-order chi connectivity index (χ0) is 10.6. The van der Waals surface area contributed by atoms with Crippen molar-refractivity contribution in [2.45, 2.75) is 26.3 Å². The Morgan fingerprint density at radius 3 is 2.71 bits per heavy atom. The molecule has 14 heavy (non-hydrogen) atoms. The van der Waals surface area contributed by atoms with Crippen LogP contribution in [-0.4, -0.2) is 11.7 Å². The summed E-state index contributed by atoms with van der Waals surface area (Å²) in [6.07, 6.45) is 0.871. The first-order valence-corrected chi connectivity index (χ1v) is 4.90. The van der Waals surface area contributed by atoms with E-state index in [0.717, 1.165) is 12.0 Å². The van der Waals surface area contributed by atoms with Gasteiger partial charge in [0.25, 0.3) is 0 Å². The number of aromatic hydroxyl groups is 1. The fraction of sp³-hybridized carbons (Fsp3) is 0.455. The molecule has 0 radical (unpaired) electrons. The zero-order valence-electron chi connectivity index (χ0n) is 8.66. The Balaban J connectivity index is 2.93. The number of hydrogen-bond acceptors (Lipinski definition) is 3. The molecule has 0 heterocycles. The van der Waals surface area contributed by atoms with Gasteiger partial charge in [0, 0.05) is 6.04 Å². The minimum atomic E-state index is 0.00908. The largest absolute Gasteiger partial charge is 0.504 e. The van der Waals surface area contributed by atoms with Crippen molar-refractivity contribution in [1.82, 2.24) is 0 Å². The van der Waals surface area contributed by atoms with E-state index in [0.29, 0.717) is 12.4 Å². The van der Waals surface area contributed by atoms with Crippen LogP contribution in [0.4, 0.5) is 0 Å². The van der Waals surface area contributed by atoms with Crippen LogP contribution in [0.2, 0.25) is 0 Å². The molecule has 0 fully saturated rings. The number of phenolic OH excluding ortho intramolecular Hbond substituents is 1. The van der Waals surface area contributed by atoms with Crippen LogP contribution in [0.3, 0.4) is 0 Å². The summed E-state index contributed by atoms with van der Waals surface area (Å²) in [5.74, 6) is 0.674. The van der Waals surface area contributed by atoms with Crippen LogP contribution in [0, 0.1) is 0 Å². The number of hydrogen-bond donors (Lipinski definition) is 2. The van der Waals surface area contributed by atoms with E-state index in [1.54, 1.807) is 12.1 Å². The highest BCUT2D eigenvalue weighted by molar-refractivity contribution is 5.42. The summed E-state index contributed by atoms with van der Waals surface area (Å²) >= 11 is 0. The third-order valence-corrected chi connectivity index (χ3v) is 2.15.